The maximum atomic E-state index is 11.5. The molecule has 3 N–H and O–H groups in total. The van der Waals surface area contributed by atoms with Crippen molar-refractivity contribution in [3.8, 4) is 0 Å². The van der Waals surface area contributed by atoms with Crippen LogP contribution in [-0.4, -0.2) is 19.0 Å². The van der Waals surface area contributed by atoms with Crippen molar-refractivity contribution in [3.05, 3.63) is 35.4 Å². The number of aryl methyl sites for hydroxylation is 1. The van der Waals surface area contributed by atoms with E-state index in [9.17, 15) is 4.79 Å². The maximum absolute atomic E-state index is 11.5. The van der Waals surface area contributed by atoms with Gasteiger partial charge in [-0.3, -0.25) is 4.79 Å². The lowest BCUT2D eigenvalue weighted by atomic mass is 10.1. The van der Waals surface area contributed by atoms with Crippen molar-refractivity contribution < 1.29 is 4.79 Å². The molecule has 0 fully saturated rings. The minimum absolute atomic E-state index is 0.0292. The van der Waals surface area contributed by atoms with Crippen molar-refractivity contribution in [2.45, 2.75) is 33.6 Å². The highest BCUT2D eigenvalue weighted by Crippen LogP contribution is 2.02. The van der Waals surface area contributed by atoms with E-state index in [1.807, 2.05) is 31.2 Å². The Hall–Kier alpha value is -1.35. The van der Waals surface area contributed by atoms with Crippen molar-refractivity contribution in [2.75, 3.05) is 13.1 Å². The molecule has 0 bridgehead atoms. The quantitative estimate of drug-likeness (QED) is 0.789. The van der Waals surface area contributed by atoms with Crippen molar-refractivity contribution in [1.29, 1.82) is 0 Å². The number of nitrogens with two attached hydrogens (primary N) is 1. The summed E-state index contributed by atoms with van der Waals surface area (Å²) in [5, 5.41) is 2.80. The summed E-state index contributed by atoms with van der Waals surface area (Å²) in [6.07, 6.45) is 2.07. The van der Waals surface area contributed by atoms with Gasteiger partial charge in [0.1, 0.15) is 0 Å². The number of benzene rings is 1. The Morgan fingerprint density at radius 2 is 1.76 bits per heavy atom. The van der Waals surface area contributed by atoms with Crippen LogP contribution >= 0.6 is 0 Å². The lowest BCUT2D eigenvalue weighted by Gasteiger charge is -2.03. The fourth-order valence-corrected chi connectivity index (χ4v) is 1.11. The van der Waals surface area contributed by atoms with E-state index in [-0.39, 0.29) is 5.91 Å². The number of amides is 1. The second-order valence-electron chi connectivity index (χ2n) is 3.97. The molecule has 0 aliphatic heterocycles. The van der Waals surface area contributed by atoms with Gasteiger partial charge in [0.15, 0.2) is 0 Å². The van der Waals surface area contributed by atoms with Gasteiger partial charge in [0.05, 0.1) is 0 Å². The zero-order valence-corrected chi connectivity index (χ0v) is 11.1. The molecule has 0 aliphatic carbocycles. The van der Waals surface area contributed by atoms with Gasteiger partial charge in [-0.25, -0.2) is 0 Å². The first kappa shape index (κ1) is 15.7. The van der Waals surface area contributed by atoms with E-state index < -0.39 is 0 Å². The van der Waals surface area contributed by atoms with E-state index >= 15 is 0 Å². The predicted molar refractivity (Wildman–Crippen MR) is 73.1 cm³/mol. The smallest absolute Gasteiger partial charge is 0.251 e. The van der Waals surface area contributed by atoms with Gasteiger partial charge < -0.3 is 11.1 Å². The topological polar surface area (TPSA) is 55.1 Å². The Morgan fingerprint density at radius 1 is 1.24 bits per heavy atom. The zero-order chi connectivity index (χ0) is 13.1. The van der Waals surface area contributed by atoms with E-state index in [0.29, 0.717) is 18.7 Å². The summed E-state index contributed by atoms with van der Waals surface area (Å²) in [5.74, 6) is -0.0292. The molecule has 0 atom stereocenters. The average molecular weight is 236 g/mol. The van der Waals surface area contributed by atoms with Crippen LogP contribution in [0.25, 0.3) is 0 Å². The predicted octanol–water partition coefficient (Wildman–Crippen LogP) is 2.49. The SMILES string of the molecule is CCC.Cc1ccc(C(=O)NCCCN)cc1. The van der Waals surface area contributed by atoms with Gasteiger partial charge >= 0.3 is 0 Å². The van der Waals surface area contributed by atoms with Crippen molar-refractivity contribution in [1.82, 2.24) is 5.32 Å². The first-order valence-corrected chi connectivity index (χ1v) is 6.20. The Kier molecular flexibility index (Phi) is 9.06. The van der Waals surface area contributed by atoms with Gasteiger partial charge in [-0.2, -0.15) is 0 Å². The Bertz CT molecular complexity index is 307. The summed E-state index contributed by atoms with van der Waals surface area (Å²) in [4.78, 5) is 11.5. The lowest BCUT2D eigenvalue weighted by Crippen LogP contribution is -2.25. The monoisotopic (exact) mass is 236 g/mol. The molecule has 0 saturated carbocycles. The third kappa shape index (κ3) is 7.53. The summed E-state index contributed by atoms with van der Waals surface area (Å²) >= 11 is 0. The van der Waals surface area contributed by atoms with Crippen molar-refractivity contribution >= 4 is 5.91 Å². The van der Waals surface area contributed by atoms with Crippen LogP contribution in [0.3, 0.4) is 0 Å². The number of carbonyl (C=O) groups is 1. The Morgan fingerprint density at radius 3 is 2.24 bits per heavy atom. The number of rotatable bonds is 4. The largest absolute Gasteiger partial charge is 0.352 e. The molecule has 0 radical (unpaired) electrons. The molecule has 0 spiro atoms. The van der Waals surface area contributed by atoms with Gasteiger partial charge in [-0.15, -0.1) is 0 Å². The van der Waals surface area contributed by atoms with Gasteiger partial charge in [0.2, 0.25) is 0 Å². The minimum Gasteiger partial charge on any atom is -0.352 e. The van der Waals surface area contributed by atoms with Crippen molar-refractivity contribution in [2.24, 2.45) is 5.73 Å². The van der Waals surface area contributed by atoms with Gasteiger partial charge in [0, 0.05) is 12.1 Å². The van der Waals surface area contributed by atoms with E-state index in [1.165, 1.54) is 6.42 Å². The molecular formula is C14H24N2O. The zero-order valence-electron chi connectivity index (χ0n) is 11.1. The van der Waals surface area contributed by atoms with E-state index in [2.05, 4.69) is 19.2 Å². The van der Waals surface area contributed by atoms with Crippen LogP contribution in [0.15, 0.2) is 24.3 Å². The van der Waals surface area contributed by atoms with Crippen LogP contribution in [0.1, 0.15) is 42.6 Å². The standard InChI is InChI=1S/C11H16N2O.C3H8/c1-9-3-5-10(6-4-9)11(14)13-8-2-7-12;1-3-2/h3-6H,2,7-8,12H2,1H3,(H,13,14);3H2,1-2H3. The molecule has 0 aromatic heterocycles. The molecule has 1 amide bonds. The third-order valence-electron chi connectivity index (χ3n) is 1.98. The summed E-state index contributed by atoms with van der Waals surface area (Å²) < 4.78 is 0. The molecule has 0 unspecified atom stereocenters. The summed E-state index contributed by atoms with van der Waals surface area (Å²) in [5.41, 5.74) is 7.18. The molecule has 0 aliphatic rings. The van der Waals surface area contributed by atoms with E-state index in [1.54, 1.807) is 0 Å². The Balaban J connectivity index is 0.000000770. The summed E-state index contributed by atoms with van der Waals surface area (Å²) in [6.45, 7) is 7.49. The van der Waals surface area contributed by atoms with Crippen LogP contribution in [0.2, 0.25) is 0 Å². The molecule has 0 saturated heterocycles. The number of hydrogen-bond donors (Lipinski definition) is 2. The molecule has 17 heavy (non-hydrogen) atoms. The molecular weight excluding hydrogens is 212 g/mol. The van der Waals surface area contributed by atoms with Gasteiger partial charge in [-0.1, -0.05) is 38.0 Å². The molecule has 3 nitrogen and oxygen atoms in total. The summed E-state index contributed by atoms with van der Waals surface area (Å²) in [7, 11) is 0. The highest BCUT2D eigenvalue weighted by atomic mass is 16.1. The molecule has 1 aromatic rings. The van der Waals surface area contributed by atoms with Crippen LogP contribution in [0.5, 0.6) is 0 Å². The molecule has 1 rings (SSSR count). The average Bonchev–Trinajstić information content (AvgIpc) is 2.31. The molecule has 0 heterocycles. The lowest BCUT2D eigenvalue weighted by molar-refractivity contribution is 0.0953. The van der Waals surface area contributed by atoms with Crippen molar-refractivity contribution in [3.63, 3.8) is 0 Å². The van der Waals surface area contributed by atoms with E-state index in [0.717, 1.165) is 12.0 Å². The molecule has 96 valence electrons. The minimum atomic E-state index is -0.0292. The summed E-state index contributed by atoms with van der Waals surface area (Å²) in [6, 6.07) is 7.51. The second kappa shape index (κ2) is 9.85. The fraction of sp³-hybridized carbons (Fsp3) is 0.500. The number of hydrogen-bond acceptors (Lipinski definition) is 2. The van der Waals surface area contributed by atoms with Gasteiger partial charge in [-0.05, 0) is 32.0 Å². The first-order valence-electron chi connectivity index (χ1n) is 6.20. The fourth-order valence-electron chi connectivity index (χ4n) is 1.11. The van der Waals surface area contributed by atoms with Crippen LogP contribution < -0.4 is 11.1 Å². The van der Waals surface area contributed by atoms with Crippen LogP contribution in [0.4, 0.5) is 0 Å². The van der Waals surface area contributed by atoms with Crippen LogP contribution in [-0.2, 0) is 0 Å². The highest BCUT2D eigenvalue weighted by Gasteiger charge is 2.02. The number of carbonyl (C=O) groups excluding carboxylic acids is 1. The van der Waals surface area contributed by atoms with E-state index in [4.69, 9.17) is 5.73 Å². The normalized spacial score (nSPS) is 9.18. The van der Waals surface area contributed by atoms with Gasteiger partial charge in [0.25, 0.3) is 5.91 Å². The molecule has 1 aromatic carbocycles. The Labute approximate surface area is 104 Å². The van der Waals surface area contributed by atoms with Crippen LogP contribution in [0, 0.1) is 6.92 Å². The molecule has 3 heteroatoms. The third-order valence-corrected chi connectivity index (χ3v) is 1.98. The second-order valence-corrected chi connectivity index (χ2v) is 3.97. The first-order chi connectivity index (χ1) is 8.15. The maximum Gasteiger partial charge on any atom is 0.251 e. The number of nitrogens with one attached hydrogen (secondary N) is 1. The highest BCUT2D eigenvalue weighted by molar-refractivity contribution is 5.94.